The van der Waals surface area contributed by atoms with E-state index in [2.05, 4.69) is 169 Å². The summed E-state index contributed by atoms with van der Waals surface area (Å²) in [5.41, 5.74) is 7.31. The molecule has 0 fully saturated rings. The molecule has 1 aliphatic rings. The lowest BCUT2D eigenvalue weighted by molar-refractivity contribution is -0.657. The van der Waals surface area contributed by atoms with Crippen molar-refractivity contribution in [2.24, 2.45) is 0 Å². The van der Waals surface area contributed by atoms with Crippen molar-refractivity contribution in [1.82, 2.24) is 0 Å². The van der Waals surface area contributed by atoms with E-state index in [1.165, 1.54) is 87.4 Å². The monoisotopic (exact) mass is 601 g/mol. The number of nitrogens with two attached hydrogens (primary N) is 1. The molecule has 1 aliphatic heterocycles. The molecule has 220 valence electrons. The fourth-order valence-corrected chi connectivity index (χ4v) is 7.73. The van der Waals surface area contributed by atoms with Crippen molar-refractivity contribution in [2.45, 2.75) is 6.23 Å². The Morgan fingerprint density at radius 3 is 1.64 bits per heavy atom. The molecule has 0 bridgehead atoms. The summed E-state index contributed by atoms with van der Waals surface area (Å²) in [5.74, 6) is 1.10. The van der Waals surface area contributed by atoms with E-state index in [0.717, 1.165) is 5.75 Å². The van der Waals surface area contributed by atoms with Gasteiger partial charge in [-0.2, -0.15) is 0 Å². The zero-order valence-electron chi connectivity index (χ0n) is 25.7. The molecule has 0 amide bonds. The van der Waals surface area contributed by atoms with E-state index in [-0.39, 0.29) is 6.23 Å². The molecule has 3 N–H and O–H groups in total. The molecule has 0 spiro atoms. The van der Waals surface area contributed by atoms with Gasteiger partial charge in [-0.05, 0) is 107 Å². The van der Waals surface area contributed by atoms with Gasteiger partial charge in [-0.1, -0.05) is 121 Å². The Hall–Kier alpha value is -5.96. The summed E-state index contributed by atoms with van der Waals surface area (Å²) in [5, 5.41) is 15.0. The van der Waals surface area contributed by atoms with Crippen LogP contribution in [-0.2, 0) is 0 Å². The van der Waals surface area contributed by atoms with E-state index >= 15 is 0 Å². The zero-order chi connectivity index (χ0) is 30.9. The van der Waals surface area contributed by atoms with Crippen molar-refractivity contribution in [3.63, 3.8) is 0 Å². The second kappa shape index (κ2) is 10.3. The van der Waals surface area contributed by atoms with Crippen LogP contribution < -0.4 is 5.32 Å². The van der Waals surface area contributed by atoms with Gasteiger partial charge in [0.1, 0.15) is 5.56 Å². The van der Waals surface area contributed by atoms with Gasteiger partial charge in [0, 0.05) is 6.07 Å². The van der Waals surface area contributed by atoms with Crippen LogP contribution in [0.25, 0.3) is 76.1 Å². The molecular weight excluding hydrogens is 571 g/mol. The molecule has 0 aromatic heterocycles. The molecule has 9 aromatic carbocycles. The number of rotatable bonds is 3. The minimum absolute atomic E-state index is 0.0454. The maximum atomic E-state index is 5.27. The summed E-state index contributed by atoms with van der Waals surface area (Å²) in [6, 6.07) is 59.9. The predicted molar refractivity (Wildman–Crippen MR) is 197 cm³/mol. The minimum atomic E-state index is 0.0454. The first kappa shape index (κ1) is 26.3. The van der Waals surface area contributed by atoms with Crippen LogP contribution in [0.2, 0.25) is 0 Å². The first-order chi connectivity index (χ1) is 23.3. The van der Waals surface area contributed by atoms with E-state index in [0.29, 0.717) is 0 Å². The molecule has 1 unspecified atom stereocenters. The van der Waals surface area contributed by atoms with Gasteiger partial charge in [-0.15, -0.1) is 0 Å². The van der Waals surface area contributed by atoms with Crippen LogP contribution in [0, 0.1) is 0 Å². The quantitative estimate of drug-likeness (QED) is 0.0904. The fourth-order valence-electron chi connectivity index (χ4n) is 7.73. The predicted octanol–water partition coefficient (Wildman–Crippen LogP) is 10.9. The van der Waals surface area contributed by atoms with Gasteiger partial charge in [0.2, 0.25) is 5.69 Å². The number of fused-ring (bicyclic) bond motifs is 11. The molecule has 0 aliphatic carbocycles. The minimum Gasteiger partial charge on any atom is -0.531 e. The van der Waals surface area contributed by atoms with Crippen molar-refractivity contribution in [3.05, 3.63) is 169 Å². The van der Waals surface area contributed by atoms with E-state index in [1.54, 1.807) is 0 Å². The molecule has 1 heterocycles. The van der Waals surface area contributed by atoms with Crippen molar-refractivity contribution < 1.29 is 10.1 Å². The third-order valence-electron chi connectivity index (χ3n) is 10.0. The average Bonchev–Trinajstić information content (AvgIpc) is 3.60. The third kappa shape index (κ3) is 4.16. The smallest absolute Gasteiger partial charge is 0.344 e. The SMILES string of the molecule is c1ccc(C2[NH2+]c3ccc4ccc5ccc(-c6cccc(-c7ccc8c9ccccc9c9ccccc9c8c7)c6)cc5c4c3[OH+]2)cc1. The van der Waals surface area contributed by atoms with E-state index in [1.807, 2.05) is 0 Å². The molecule has 0 radical (unpaired) electrons. The number of hydrogen-bond donors (Lipinski definition) is 1. The molecular formula is C45H31NO+2. The van der Waals surface area contributed by atoms with Crippen LogP contribution in [0.1, 0.15) is 11.8 Å². The van der Waals surface area contributed by atoms with Crippen molar-refractivity contribution in [2.75, 3.05) is 0 Å². The highest BCUT2D eigenvalue weighted by atomic mass is 16.5. The maximum Gasteiger partial charge on any atom is 0.344 e. The lowest BCUT2D eigenvalue weighted by Gasteiger charge is -2.13. The largest absolute Gasteiger partial charge is 0.531 e. The van der Waals surface area contributed by atoms with Gasteiger partial charge in [-0.25, -0.2) is 5.32 Å². The Morgan fingerprint density at radius 2 is 0.915 bits per heavy atom. The van der Waals surface area contributed by atoms with Crippen LogP contribution in [0.15, 0.2) is 164 Å². The highest BCUT2D eigenvalue weighted by Gasteiger charge is 2.35. The summed E-state index contributed by atoms with van der Waals surface area (Å²) >= 11 is 0. The first-order valence-corrected chi connectivity index (χ1v) is 16.3. The van der Waals surface area contributed by atoms with Crippen LogP contribution >= 0.6 is 0 Å². The van der Waals surface area contributed by atoms with Crippen molar-refractivity contribution in [1.29, 1.82) is 0 Å². The first-order valence-electron chi connectivity index (χ1n) is 16.3. The standard InChI is InChI=1S/C45H29NO/c1-2-9-30(10-3-1)45-46-42-24-22-29-19-17-28-18-20-33(26-40(28)43(29)44(42)47-45)31-11-8-12-32(25-31)34-21-23-39-37-15-5-4-13-35(37)36-14-6-7-16-38(36)41(39)27-34/h1-27,45-46H/p+2. The summed E-state index contributed by atoms with van der Waals surface area (Å²) < 4.78 is 5.27. The normalized spacial score (nSPS) is 14.3. The molecule has 47 heavy (non-hydrogen) atoms. The molecule has 10 rings (SSSR count). The summed E-state index contributed by atoms with van der Waals surface area (Å²) in [6.07, 6.45) is 0.0454. The number of hydrogen-bond acceptors (Lipinski definition) is 0. The maximum absolute atomic E-state index is 5.27. The second-order valence-corrected chi connectivity index (χ2v) is 12.7. The summed E-state index contributed by atoms with van der Waals surface area (Å²) in [6.45, 7) is 0. The van der Waals surface area contributed by atoms with Crippen molar-refractivity contribution >= 4 is 59.5 Å². The van der Waals surface area contributed by atoms with E-state index in [9.17, 15) is 0 Å². The number of quaternary nitrogens is 1. The van der Waals surface area contributed by atoms with Crippen LogP contribution in [-0.4, -0.2) is 4.74 Å². The Morgan fingerprint density at radius 1 is 0.383 bits per heavy atom. The lowest BCUT2D eigenvalue weighted by Crippen LogP contribution is -2.77. The average molecular weight is 602 g/mol. The fraction of sp³-hybridized carbons (Fsp3) is 0.0222. The molecule has 9 aromatic rings. The van der Waals surface area contributed by atoms with Gasteiger partial charge in [-0.3, -0.25) is 0 Å². The van der Waals surface area contributed by atoms with Crippen LogP contribution in [0.3, 0.4) is 0 Å². The molecule has 0 saturated carbocycles. The number of aromatic hydroxyl groups is 1. The lowest BCUT2D eigenvalue weighted by atomic mass is 9.91. The molecule has 1 atom stereocenters. The van der Waals surface area contributed by atoms with Gasteiger partial charge in [0.05, 0.1) is 5.39 Å². The van der Waals surface area contributed by atoms with E-state index in [4.69, 9.17) is 4.74 Å². The van der Waals surface area contributed by atoms with Crippen molar-refractivity contribution in [3.8, 4) is 28.0 Å². The Labute approximate surface area is 272 Å². The third-order valence-corrected chi connectivity index (χ3v) is 10.0. The van der Waals surface area contributed by atoms with E-state index < -0.39 is 0 Å². The molecule has 2 heteroatoms. The number of ether oxygens (including phenoxy) is 1. The second-order valence-electron chi connectivity index (χ2n) is 12.7. The molecule has 2 nitrogen and oxygen atoms in total. The van der Waals surface area contributed by atoms with Gasteiger partial charge >= 0.3 is 12.0 Å². The Balaban J connectivity index is 1.10. The summed E-state index contributed by atoms with van der Waals surface area (Å²) in [4.78, 5) is 0. The number of aliphatic hydroxyl groups is 1. The van der Waals surface area contributed by atoms with Crippen LogP contribution in [0.4, 0.5) is 5.69 Å². The highest BCUT2D eigenvalue weighted by Crippen LogP contribution is 2.43. The summed E-state index contributed by atoms with van der Waals surface area (Å²) in [7, 11) is 0. The van der Waals surface area contributed by atoms with Gasteiger partial charge in [0.15, 0.2) is 0 Å². The van der Waals surface area contributed by atoms with Gasteiger partial charge in [0.25, 0.3) is 0 Å². The van der Waals surface area contributed by atoms with Crippen LogP contribution in [0.5, 0.6) is 5.75 Å². The number of benzene rings is 9. The Kier molecular flexibility index (Phi) is 5.75. The van der Waals surface area contributed by atoms with Gasteiger partial charge < -0.3 is 4.74 Å². The molecule has 0 saturated heterocycles. The zero-order valence-corrected chi connectivity index (χ0v) is 25.7. The topological polar surface area (TPSA) is 29.4 Å². The Bertz CT molecular complexity index is 2660. The highest BCUT2D eigenvalue weighted by molar-refractivity contribution is 6.25.